The maximum atomic E-state index is 2.46. The Morgan fingerprint density at radius 3 is 1.78 bits per heavy atom. The first kappa shape index (κ1) is 30.4. The summed E-state index contributed by atoms with van der Waals surface area (Å²) in [5.41, 5.74) is 15.6. The summed E-state index contributed by atoms with van der Waals surface area (Å²) in [6.45, 7) is 4.72. The van der Waals surface area contributed by atoms with Gasteiger partial charge in [-0.1, -0.05) is 142 Å². The van der Waals surface area contributed by atoms with Gasteiger partial charge in [-0.15, -0.1) is 0 Å². The Morgan fingerprint density at radius 1 is 0.490 bits per heavy atom. The predicted molar refractivity (Wildman–Crippen MR) is 215 cm³/mol. The number of fused-ring (bicyclic) bond motifs is 6. The van der Waals surface area contributed by atoms with Crippen LogP contribution in [-0.2, 0) is 5.41 Å². The van der Waals surface area contributed by atoms with Gasteiger partial charge in [0.1, 0.15) is 0 Å². The molecule has 0 radical (unpaired) electrons. The van der Waals surface area contributed by atoms with Crippen molar-refractivity contribution in [1.82, 2.24) is 0 Å². The fourth-order valence-corrected chi connectivity index (χ4v) is 10.0. The molecule has 0 heterocycles. The van der Waals surface area contributed by atoms with E-state index in [0.717, 1.165) is 17.8 Å². The molecule has 2 bridgehead atoms. The molecule has 0 N–H and O–H groups in total. The molecule has 7 aromatic carbocycles. The summed E-state index contributed by atoms with van der Waals surface area (Å²) in [6, 6.07) is 59.1. The SMILES string of the molecule is CC1(C)c2ccccc2-c2cc(N(c3ccc(-c4cccc5cccc(-c6ccccc6)c45)cc3)c3ccc(C4CC5CCC4C5)cc3)ccc21. The molecule has 10 rings (SSSR count). The number of nitrogens with zero attached hydrogens (tertiary/aromatic N) is 1. The normalized spacial score (nSPS) is 19.6. The number of hydrogen-bond donors (Lipinski definition) is 0. The van der Waals surface area contributed by atoms with E-state index in [-0.39, 0.29) is 5.41 Å². The molecule has 3 aliphatic rings. The Hall–Kier alpha value is -5.40. The van der Waals surface area contributed by atoms with Crippen LogP contribution in [0.2, 0.25) is 0 Å². The third-order valence-electron chi connectivity index (χ3n) is 12.6. The highest BCUT2D eigenvalue weighted by Gasteiger charge is 2.40. The van der Waals surface area contributed by atoms with Crippen molar-refractivity contribution in [2.75, 3.05) is 4.90 Å². The van der Waals surface area contributed by atoms with E-state index in [2.05, 4.69) is 176 Å². The van der Waals surface area contributed by atoms with Crippen molar-refractivity contribution in [1.29, 1.82) is 0 Å². The van der Waals surface area contributed by atoms with Crippen LogP contribution in [-0.4, -0.2) is 0 Å². The van der Waals surface area contributed by atoms with Crippen LogP contribution in [0.5, 0.6) is 0 Å². The maximum Gasteiger partial charge on any atom is 0.0468 e. The van der Waals surface area contributed by atoms with Crippen LogP contribution < -0.4 is 4.90 Å². The molecule has 51 heavy (non-hydrogen) atoms. The van der Waals surface area contributed by atoms with Gasteiger partial charge in [-0.25, -0.2) is 0 Å². The highest BCUT2D eigenvalue weighted by Crippen LogP contribution is 2.54. The van der Waals surface area contributed by atoms with Gasteiger partial charge < -0.3 is 4.90 Å². The van der Waals surface area contributed by atoms with E-state index in [1.54, 1.807) is 0 Å². The van der Waals surface area contributed by atoms with Crippen LogP contribution in [0.15, 0.2) is 158 Å². The minimum Gasteiger partial charge on any atom is -0.310 e. The van der Waals surface area contributed by atoms with Crippen molar-refractivity contribution in [3.8, 4) is 33.4 Å². The van der Waals surface area contributed by atoms with E-state index in [1.165, 1.54) is 104 Å². The average molecular weight is 658 g/mol. The number of anilines is 3. The van der Waals surface area contributed by atoms with Gasteiger partial charge in [-0.05, 0) is 134 Å². The second-order valence-electron chi connectivity index (χ2n) is 15.7. The van der Waals surface area contributed by atoms with Gasteiger partial charge in [0, 0.05) is 22.5 Å². The Balaban J connectivity index is 1.08. The molecule has 0 aliphatic heterocycles. The molecule has 7 aromatic rings. The fourth-order valence-electron chi connectivity index (χ4n) is 10.0. The zero-order chi connectivity index (χ0) is 34.1. The van der Waals surface area contributed by atoms with Gasteiger partial charge in [-0.3, -0.25) is 0 Å². The van der Waals surface area contributed by atoms with E-state index in [1.807, 2.05) is 0 Å². The first-order chi connectivity index (χ1) is 25.0. The third kappa shape index (κ3) is 4.97. The van der Waals surface area contributed by atoms with Crippen molar-refractivity contribution in [3.63, 3.8) is 0 Å². The highest BCUT2D eigenvalue weighted by molar-refractivity contribution is 6.06. The number of rotatable bonds is 6. The summed E-state index contributed by atoms with van der Waals surface area (Å²) in [5.74, 6) is 2.55. The standard InChI is InChI=1S/C50H43N/c1-50(2)47-17-7-6-14-44(47)46-32-41(28-29-48(46)50)51(40-26-22-36(23-27-40)45-31-33-18-19-38(45)30-33)39-24-20-35(21-25-39)43-16-9-13-37-12-8-15-42(49(37)43)34-10-4-3-5-11-34/h3-17,20-29,32-33,38,45H,18-19,30-31H2,1-2H3. The molecule has 1 heteroatoms. The quantitative estimate of drug-likeness (QED) is 0.172. The van der Waals surface area contributed by atoms with Gasteiger partial charge in [0.25, 0.3) is 0 Å². The second kappa shape index (κ2) is 11.8. The third-order valence-corrected chi connectivity index (χ3v) is 12.6. The summed E-state index contributed by atoms with van der Waals surface area (Å²) < 4.78 is 0. The van der Waals surface area contributed by atoms with Crippen LogP contribution in [0.1, 0.15) is 62.1 Å². The largest absolute Gasteiger partial charge is 0.310 e. The van der Waals surface area contributed by atoms with Gasteiger partial charge in [0.2, 0.25) is 0 Å². The molecule has 0 spiro atoms. The Morgan fingerprint density at radius 2 is 1.10 bits per heavy atom. The van der Waals surface area contributed by atoms with Crippen molar-refractivity contribution < 1.29 is 0 Å². The molecule has 0 saturated heterocycles. The minimum absolute atomic E-state index is 0.0175. The van der Waals surface area contributed by atoms with E-state index >= 15 is 0 Å². The average Bonchev–Trinajstić information content (AvgIpc) is 3.88. The molecule has 3 aliphatic carbocycles. The molecular formula is C50H43N. The van der Waals surface area contributed by atoms with E-state index < -0.39 is 0 Å². The maximum absolute atomic E-state index is 2.46. The van der Waals surface area contributed by atoms with Gasteiger partial charge in [0.05, 0.1) is 0 Å². The summed E-state index contributed by atoms with van der Waals surface area (Å²) in [7, 11) is 0. The lowest BCUT2D eigenvalue weighted by molar-refractivity contribution is 0.420. The first-order valence-corrected chi connectivity index (χ1v) is 18.8. The zero-order valence-corrected chi connectivity index (χ0v) is 29.5. The van der Waals surface area contributed by atoms with Crippen molar-refractivity contribution in [2.24, 2.45) is 11.8 Å². The Labute approximate surface area is 302 Å². The summed E-state index contributed by atoms with van der Waals surface area (Å²) >= 11 is 0. The Kier molecular flexibility index (Phi) is 7.07. The lowest BCUT2D eigenvalue weighted by atomic mass is 9.82. The van der Waals surface area contributed by atoms with Crippen LogP contribution in [0.4, 0.5) is 17.1 Å². The lowest BCUT2D eigenvalue weighted by Crippen LogP contribution is -2.15. The molecular weight excluding hydrogens is 615 g/mol. The van der Waals surface area contributed by atoms with Crippen LogP contribution in [0.3, 0.4) is 0 Å². The molecule has 3 atom stereocenters. The molecule has 0 aromatic heterocycles. The molecule has 2 saturated carbocycles. The molecule has 248 valence electrons. The zero-order valence-electron chi connectivity index (χ0n) is 29.5. The molecule has 1 nitrogen and oxygen atoms in total. The lowest BCUT2D eigenvalue weighted by Gasteiger charge is -2.28. The molecule has 2 fully saturated rings. The second-order valence-corrected chi connectivity index (χ2v) is 15.7. The predicted octanol–water partition coefficient (Wildman–Crippen LogP) is 13.9. The van der Waals surface area contributed by atoms with Crippen LogP contribution in [0, 0.1) is 11.8 Å². The summed E-state index contributed by atoms with van der Waals surface area (Å²) in [6.07, 6.45) is 5.65. The van der Waals surface area contributed by atoms with E-state index in [0.29, 0.717) is 0 Å². The fraction of sp³-hybridized carbons (Fsp3) is 0.200. The Bertz CT molecular complexity index is 2400. The molecule has 0 amide bonds. The van der Waals surface area contributed by atoms with Crippen molar-refractivity contribution in [2.45, 2.75) is 50.9 Å². The van der Waals surface area contributed by atoms with Crippen molar-refractivity contribution in [3.05, 3.63) is 174 Å². The van der Waals surface area contributed by atoms with Crippen LogP contribution >= 0.6 is 0 Å². The van der Waals surface area contributed by atoms with Crippen LogP contribution in [0.25, 0.3) is 44.2 Å². The topological polar surface area (TPSA) is 3.24 Å². The highest BCUT2D eigenvalue weighted by atomic mass is 15.1. The smallest absolute Gasteiger partial charge is 0.0468 e. The van der Waals surface area contributed by atoms with E-state index in [4.69, 9.17) is 0 Å². The number of hydrogen-bond acceptors (Lipinski definition) is 1. The van der Waals surface area contributed by atoms with E-state index in [9.17, 15) is 0 Å². The number of benzene rings is 7. The minimum atomic E-state index is -0.0175. The van der Waals surface area contributed by atoms with Gasteiger partial charge >= 0.3 is 0 Å². The summed E-state index contributed by atoms with van der Waals surface area (Å²) in [5, 5.41) is 2.56. The summed E-state index contributed by atoms with van der Waals surface area (Å²) in [4.78, 5) is 2.46. The van der Waals surface area contributed by atoms with Gasteiger partial charge in [0.15, 0.2) is 0 Å². The molecule has 3 unspecified atom stereocenters. The first-order valence-electron chi connectivity index (χ1n) is 18.8. The van der Waals surface area contributed by atoms with Crippen molar-refractivity contribution >= 4 is 27.8 Å². The monoisotopic (exact) mass is 657 g/mol. The van der Waals surface area contributed by atoms with Gasteiger partial charge in [-0.2, -0.15) is 0 Å².